The summed E-state index contributed by atoms with van der Waals surface area (Å²) in [5.74, 6) is 1.40. The topological polar surface area (TPSA) is 107 Å². The van der Waals surface area contributed by atoms with Crippen LogP contribution >= 0.6 is 0 Å². The molecule has 1 aliphatic rings. The van der Waals surface area contributed by atoms with E-state index in [1.54, 1.807) is 4.52 Å². The van der Waals surface area contributed by atoms with Crippen LogP contribution in [0.15, 0.2) is 24.3 Å². The largest absolute Gasteiger partial charge is 0.493 e. The number of hydrogen-bond donors (Lipinski definition) is 2. The number of fused-ring (bicyclic) bond motifs is 2. The first-order valence-electron chi connectivity index (χ1n) is 9.02. The van der Waals surface area contributed by atoms with E-state index < -0.39 is 0 Å². The Morgan fingerprint density at radius 3 is 3.00 bits per heavy atom. The molecule has 0 unspecified atom stereocenters. The van der Waals surface area contributed by atoms with Crippen molar-refractivity contribution in [2.75, 3.05) is 12.3 Å². The lowest BCUT2D eigenvalue weighted by Gasteiger charge is -2.19. The number of hydrogen-bond acceptors (Lipinski definition) is 6. The van der Waals surface area contributed by atoms with E-state index in [-0.39, 0.29) is 24.3 Å². The fourth-order valence-electron chi connectivity index (χ4n) is 3.56. The maximum Gasteiger partial charge on any atom is 0.254 e. The van der Waals surface area contributed by atoms with Gasteiger partial charge in [0.2, 0.25) is 11.9 Å². The minimum absolute atomic E-state index is 0.0582. The summed E-state index contributed by atoms with van der Waals surface area (Å²) < 4.78 is 7.36. The fraction of sp³-hybridized carbons (Fsp3) is 0.368. The summed E-state index contributed by atoms with van der Waals surface area (Å²) in [6, 6.07) is 7.80. The minimum atomic E-state index is -0.0597. The lowest BCUT2D eigenvalue weighted by atomic mass is 10.0. The van der Waals surface area contributed by atoms with Crippen molar-refractivity contribution in [2.24, 2.45) is 0 Å². The summed E-state index contributed by atoms with van der Waals surface area (Å²) in [5, 5.41) is 7.31. The highest BCUT2D eigenvalue weighted by molar-refractivity contribution is 5.79. The average molecular weight is 366 g/mol. The number of amides is 1. The number of para-hydroxylation sites is 1. The maximum atomic E-state index is 12.8. The molecule has 8 heteroatoms. The quantitative estimate of drug-likeness (QED) is 0.733. The normalized spacial score (nSPS) is 16.4. The van der Waals surface area contributed by atoms with E-state index in [0.717, 1.165) is 41.1 Å². The zero-order valence-corrected chi connectivity index (χ0v) is 15.4. The highest BCUT2D eigenvalue weighted by Gasteiger charge is 2.22. The smallest absolute Gasteiger partial charge is 0.254 e. The number of anilines is 1. The molecule has 3 N–H and O–H groups in total. The number of nitrogens with zero attached hydrogens (tertiary/aromatic N) is 4. The molecule has 2 aromatic heterocycles. The van der Waals surface area contributed by atoms with Gasteiger partial charge in [0.05, 0.1) is 19.1 Å². The van der Waals surface area contributed by atoms with Gasteiger partial charge in [-0.3, -0.25) is 4.79 Å². The molecule has 0 fully saturated rings. The molecule has 140 valence electrons. The van der Waals surface area contributed by atoms with E-state index in [1.807, 2.05) is 38.1 Å². The molecule has 8 nitrogen and oxygen atoms in total. The van der Waals surface area contributed by atoms with Crippen LogP contribution in [0.2, 0.25) is 0 Å². The molecular formula is C19H22N6O2. The maximum absolute atomic E-state index is 12.8. The van der Waals surface area contributed by atoms with Crippen LogP contribution < -0.4 is 15.8 Å². The first-order chi connectivity index (χ1) is 13.0. The third kappa shape index (κ3) is 3.30. The predicted octanol–water partition coefficient (Wildman–Crippen LogP) is 1.90. The van der Waals surface area contributed by atoms with Crippen molar-refractivity contribution in [1.82, 2.24) is 24.9 Å². The number of ether oxygens (including phenoxy) is 1. The Bertz CT molecular complexity index is 1010. The average Bonchev–Trinajstić information content (AvgIpc) is 2.89. The number of nitrogens with two attached hydrogens (primary N) is 1. The molecule has 0 bridgehead atoms. The molecule has 3 heterocycles. The number of rotatable bonds is 3. The fourth-order valence-corrected chi connectivity index (χ4v) is 3.56. The van der Waals surface area contributed by atoms with Crippen LogP contribution in [0.3, 0.4) is 0 Å². The van der Waals surface area contributed by atoms with E-state index in [0.29, 0.717) is 12.4 Å². The Labute approximate surface area is 156 Å². The van der Waals surface area contributed by atoms with Crippen LogP contribution in [-0.2, 0) is 11.2 Å². The number of carbonyl (C=O) groups is 1. The number of benzene rings is 1. The summed E-state index contributed by atoms with van der Waals surface area (Å²) >= 11 is 0. The van der Waals surface area contributed by atoms with E-state index >= 15 is 0 Å². The number of aromatic nitrogens is 4. The summed E-state index contributed by atoms with van der Waals surface area (Å²) in [6.07, 6.45) is 1.96. The van der Waals surface area contributed by atoms with Crippen molar-refractivity contribution in [3.63, 3.8) is 0 Å². The molecule has 0 spiro atoms. The molecule has 1 aromatic carbocycles. The highest BCUT2D eigenvalue weighted by atomic mass is 16.5. The third-order valence-corrected chi connectivity index (χ3v) is 4.93. The molecule has 0 aliphatic carbocycles. The minimum Gasteiger partial charge on any atom is -0.493 e. The Hall–Kier alpha value is -3.16. The van der Waals surface area contributed by atoms with Gasteiger partial charge in [-0.25, -0.2) is 4.98 Å². The van der Waals surface area contributed by atoms with E-state index in [1.165, 1.54) is 0 Å². The van der Waals surface area contributed by atoms with Crippen LogP contribution in [0, 0.1) is 13.8 Å². The predicted molar refractivity (Wildman–Crippen MR) is 100 cm³/mol. The number of carbonyl (C=O) groups excluding carboxylic acids is 1. The molecule has 3 aromatic rings. The monoisotopic (exact) mass is 366 g/mol. The van der Waals surface area contributed by atoms with Crippen molar-refractivity contribution in [2.45, 2.75) is 39.2 Å². The standard InChI is InChI=1S/C19H22N6O2/c1-11-14(12(2)25-19(21-11)23-18(20)24-25)10-17(26)22-15-7-5-9-27-16-8-4-3-6-13(15)16/h3-4,6,8,15H,5,7,9-10H2,1-2H3,(H2,20,24)(H,22,26)/t15-/m0/s1. The van der Waals surface area contributed by atoms with Gasteiger partial charge in [-0.05, 0) is 32.8 Å². The van der Waals surface area contributed by atoms with Gasteiger partial charge in [0.15, 0.2) is 0 Å². The summed E-state index contributed by atoms with van der Waals surface area (Å²) in [6.45, 7) is 4.43. The third-order valence-electron chi connectivity index (χ3n) is 4.93. The summed E-state index contributed by atoms with van der Waals surface area (Å²) in [7, 11) is 0. The first-order valence-corrected chi connectivity index (χ1v) is 9.02. The van der Waals surface area contributed by atoms with E-state index in [2.05, 4.69) is 20.4 Å². The Balaban J connectivity index is 1.57. The molecule has 0 radical (unpaired) electrons. The second kappa shape index (κ2) is 6.86. The highest BCUT2D eigenvalue weighted by Crippen LogP contribution is 2.31. The Morgan fingerprint density at radius 1 is 1.33 bits per heavy atom. The Kier molecular flexibility index (Phi) is 4.39. The molecule has 1 atom stereocenters. The van der Waals surface area contributed by atoms with E-state index in [4.69, 9.17) is 10.5 Å². The second-order valence-corrected chi connectivity index (χ2v) is 6.77. The molecule has 0 saturated carbocycles. The summed E-state index contributed by atoms with van der Waals surface area (Å²) in [4.78, 5) is 21.3. The SMILES string of the molecule is Cc1nc2nc(N)nn2c(C)c1CC(=O)N[C@H]1CCCOc2ccccc21. The van der Waals surface area contributed by atoms with Gasteiger partial charge in [-0.15, -0.1) is 5.10 Å². The zero-order chi connectivity index (χ0) is 19.0. The Morgan fingerprint density at radius 2 is 2.15 bits per heavy atom. The van der Waals surface area contributed by atoms with Crippen molar-refractivity contribution in [3.05, 3.63) is 46.8 Å². The second-order valence-electron chi connectivity index (χ2n) is 6.77. The number of nitrogens with one attached hydrogen (secondary N) is 1. The molecule has 27 heavy (non-hydrogen) atoms. The zero-order valence-electron chi connectivity index (χ0n) is 15.4. The van der Waals surface area contributed by atoms with Crippen molar-refractivity contribution in [1.29, 1.82) is 0 Å². The van der Waals surface area contributed by atoms with Crippen molar-refractivity contribution in [3.8, 4) is 5.75 Å². The van der Waals surface area contributed by atoms with Gasteiger partial charge >= 0.3 is 0 Å². The van der Waals surface area contributed by atoms with Crippen LogP contribution in [0.4, 0.5) is 5.95 Å². The first kappa shape index (κ1) is 17.3. The van der Waals surface area contributed by atoms with Crippen LogP contribution in [0.25, 0.3) is 5.78 Å². The molecule has 1 aliphatic heterocycles. The van der Waals surface area contributed by atoms with Gasteiger partial charge in [0.25, 0.3) is 5.78 Å². The lowest BCUT2D eigenvalue weighted by molar-refractivity contribution is -0.121. The van der Waals surface area contributed by atoms with Gasteiger partial charge in [-0.1, -0.05) is 18.2 Å². The molecular weight excluding hydrogens is 344 g/mol. The van der Waals surface area contributed by atoms with Gasteiger partial charge in [-0.2, -0.15) is 9.50 Å². The molecule has 4 rings (SSSR count). The number of nitrogen functional groups attached to an aromatic ring is 1. The van der Waals surface area contributed by atoms with Gasteiger partial charge in [0, 0.05) is 22.5 Å². The van der Waals surface area contributed by atoms with Crippen molar-refractivity contribution < 1.29 is 9.53 Å². The van der Waals surface area contributed by atoms with Gasteiger partial charge < -0.3 is 15.8 Å². The van der Waals surface area contributed by atoms with Crippen LogP contribution in [0.1, 0.15) is 41.4 Å². The number of aryl methyl sites for hydroxylation is 2. The van der Waals surface area contributed by atoms with Crippen LogP contribution in [-0.4, -0.2) is 32.1 Å². The van der Waals surface area contributed by atoms with Crippen LogP contribution in [0.5, 0.6) is 5.75 Å². The molecule has 0 saturated heterocycles. The van der Waals surface area contributed by atoms with Crippen molar-refractivity contribution >= 4 is 17.6 Å². The van der Waals surface area contributed by atoms with E-state index in [9.17, 15) is 4.79 Å². The summed E-state index contributed by atoms with van der Waals surface area (Å²) in [5.41, 5.74) is 9.11. The van der Waals surface area contributed by atoms with Gasteiger partial charge in [0.1, 0.15) is 5.75 Å². The molecule has 1 amide bonds. The lowest BCUT2D eigenvalue weighted by Crippen LogP contribution is -2.30.